The fourth-order valence-corrected chi connectivity index (χ4v) is 3.84. The van der Waals surface area contributed by atoms with Crippen LogP contribution in [0.3, 0.4) is 0 Å². The van der Waals surface area contributed by atoms with Gasteiger partial charge in [-0.25, -0.2) is 0 Å². The summed E-state index contributed by atoms with van der Waals surface area (Å²) in [5.41, 5.74) is 2.00. The Morgan fingerprint density at radius 1 is 1.00 bits per heavy atom. The second kappa shape index (κ2) is 5.33. The molecule has 0 radical (unpaired) electrons. The summed E-state index contributed by atoms with van der Waals surface area (Å²) in [6.45, 7) is 2.30. The molecule has 0 aliphatic rings. The maximum Gasteiger partial charge on any atom is 0.0620 e. The summed E-state index contributed by atoms with van der Waals surface area (Å²) < 4.78 is 0. The molecule has 0 heterocycles. The average Bonchev–Trinajstić information content (AvgIpc) is 2.30. The van der Waals surface area contributed by atoms with Crippen molar-refractivity contribution in [2.75, 3.05) is 0 Å². The summed E-state index contributed by atoms with van der Waals surface area (Å²) in [4.78, 5) is 0. The standard InChI is InChI=1S/C14H15ClSi/c1-11(12-6-5-7-13(15)10-12)16-14-8-3-2-4-9-14/h2-11H,16H2,1H3/t11-/m0/s1. The Morgan fingerprint density at radius 3 is 2.44 bits per heavy atom. The first-order chi connectivity index (χ1) is 7.75. The van der Waals surface area contributed by atoms with Crippen LogP contribution < -0.4 is 5.19 Å². The molecule has 0 aromatic heterocycles. The Morgan fingerprint density at radius 2 is 1.75 bits per heavy atom. The average molecular weight is 247 g/mol. The minimum Gasteiger partial charge on any atom is -0.0843 e. The first kappa shape index (κ1) is 11.4. The normalized spacial score (nSPS) is 13.1. The molecule has 0 nitrogen and oxygen atoms in total. The molecule has 0 aliphatic carbocycles. The van der Waals surface area contributed by atoms with Crippen LogP contribution >= 0.6 is 11.6 Å². The molecule has 0 saturated heterocycles. The van der Waals surface area contributed by atoms with Gasteiger partial charge in [0.05, 0.1) is 9.52 Å². The van der Waals surface area contributed by atoms with E-state index < -0.39 is 0 Å². The topological polar surface area (TPSA) is 0 Å². The van der Waals surface area contributed by atoms with Crippen molar-refractivity contribution in [3.8, 4) is 0 Å². The smallest absolute Gasteiger partial charge is 0.0620 e. The van der Waals surface area contributed by atoms with E-state index in [2.05, 4.69) is 49.4 Å². The summed E-state index contributed by atoms with van der Waals surface area (Å²) in [5, 5.41) is 2.35. The molecule has 16 heavy (non-hydrogen) atoms. The second-order valence-electron chi connectivity index (χ2n) is 4.15. The van der Waals surface area contributed by atoms with Crippen LogP contribution in [0, 0.1) is 0 Å². The summed E-state index contributed by atoms with van der Waals surface area (Å²) in [5.74, 6) is 0. The van der Waals surface area contributed by atoms with E-state index in [4.69, 9.17) is 11.6 Å². The summed E-state index contributed by atoms with van der Waals surface area (Å²) >= 11 is 6.01. The fraction of sp³-hybridized carbons (Fsp3) is 0.143. The molecule has 0 saturated carbocycles. The molecule has 82 valence electrons. The highest BCUT2D eigenvalue weighted by Gasteiger charge is 2.07. The van der Waals surface area contributed by atoms with Crippen molar-refractivity contribution < 1.29 is 0 Å². The van der Waals surface area contributed by atoms with Crippen LogP contribution in [0.15, 0.2) is 54.6 Å². The van der Waals surface area contributed by atoms with Crippen LogP contribution in [0.2, 0.25) is 5.02 Å². The molecule has 2 aromatic carbocycles. The first-order valence-corrected chi connectivity index (χ1v) is 7.45. The number of hydrogen-bond acceptors (Lipinski definition) is 0. The zero-order valence-electron chi connectivity index (χ0n) is 9.36. The van der Waals surface area contributed by atoms with Crippen LogP contribution in [0.5, 0.6) is 0 Å². The van der Waals surface area contributed by atoms with Gasteiger partial charge in [0.1, 0.15) is 0 Å². The highest BCUT2D eigenvalue weighted by atomic mass is 35.5. The summed E-state index contributed by atoms with van der Waals surface area (Å²) in [6.07, 6.45) is 0. The molecular formula is C14H15ClSi. The zero-order valence-corrected chi connectivity index (χ0v) is 11.5. The minimum atomic E-state index is -0.260. The van der Waals surface area contributed by atoms with E-state index in [-0.39, 0.29) is 9.52 Å². The molecule has 0 bridgehead atoms. The van der Waals surface area contributed by atoms with Crippen molar-refractivity contribution in [3.05, 3.63) is 65.2 Å². The Hall–Kier alpha value is -1.05. The molecule has 0 unspecified atom stereocenters. The van der Waals surface area contributed by atoms with E-state index in [1.165, 1.54) is 10.8 Å². The van der Waals surface area contributed by atoms with Gasteiger partial charge in [0.2, 0.25) is 0 Å². The summed E-state index contributed by atoms with van der Waals surface area (Å²) in [7, 11) is -0.260. The van der Waals surface area contributed by atoms with Gasteiger partial charge in [0.15, 0.2) is 0 Å². The number of halogens is 1. The van der Waals surface area contributed by atoms with Crippen LogP contribution in [-0.4, -0.2) is 9.52 Å². The van der Waals surface area contributed by atoms with E-state index in [1.807, 2.05) is 12.1 Å². The molecule has 0 amide bonds. The van der Waals surface area contributed by atoms with Crippen molar-refractivity contribution in [2.45, 2.75) is 12.5 Å². The van der Waals surface area contributed by atoms with Gasteiger partial charge >= 0.3 is 0 Å². The molecular weight excluding hydrogens is 232 g/mol. The number of benzene rings is 2. The number of hydrogen-bond donors (Lipinski definition) is 0. The third kappa shape index (κ3) is 2.97. The minimum absolute atomic E-state index is 0.260. The van der Waals surface area contributed by atoms with E-state index in [0.717, 1.165) is 5.02 Å². The third-order valence-electron chi connectivity index (χ3n) is 2.80. The van der Waals surface area contributed by atoms with Crippen LogP contribution in [0.4, 0.5) is 0 Å². The van der Waals surface area contributed by atoms with E-state index in [1.54, 1.807) is 0 Å². The zero-order chi connectivity index (χ0) is 11.4. The van der Waals surface area contributed by atoms with Crippen LogP contribution in [-0.2, 0) is 0 Å². The van der Waals surface area contributed by atoms with E-state index >= 15 is 0 Å². The Labute approximate surface area is 104 Å². The summed E-state index contributed by atoms with van der Waals surface area (Å²) in [6, 6.07) is 19.0. The van der Waals surface area contributed by atoms with Crippen molar-refractivity contribution in [1.29, 1.82) is 0 Å². The van der Waals surface area contributed by atoms with Crippen LogP contribution in [0.1, 0.15) is 18.0 Å². The Bertz CT molecular complexity index is 453. The highest BCUT2D eigenvalue weighted by Crippen LogP contribution is 2.18. The fourth-order valence-electron chi connectivity index (χ4n) is 1.90. The lowest BCUT2D eigenvalue weighted by Gasteiger charge is -2.11. The monoisotopic (exact) mass is 246 g/mol. The first-order valence-electron chi connectivity index (χ1n) is 5.55. The lowest BCUT2D eigenvalue weighted by molar-refractivity contribution is 1.07. The lowest BCUT2D eigenvalue weighted by Crippen LogP contribution is -2.19. The van der Waals surface area contributed by atoms with Gasteiger partial charge in [-0.15, -0.1) is 0 Å². The van der Waals surface area contributed by atoms with Gasteiger partial charge in [-0.3, -0.25) is 0 Å². The van der Waals surface area contributed by atoms with E-state index in [9.17, 15) is 0 Å². The Kier molecular flexibility index (Phi) is 3.81. The van der Waals surface area contributed by atoms with E-state index in [0.29, 0.717) is 5.54 Å². The molecule has 2 heteroatoms. The van der Waals surface area contributed by atoms with Gasteiger partial charge in [-0.05, 0) is 23.2 Å². The molecule has 2 aromatic rings. The SMILES string of the molecule is C[C@H]([SiH2]c1ccccc1)c1cccc(Cl)c1. The molecule has 0 fully saturated rings. The van der Waals surface area contributed by atoms with Crippen molar-refractivity contribution in [1.82, 2.24) is 0 Å². The predicted molar refractivity (Wildman–Crippen MR) is 74.5 cm³/mol. The lowest BCUT2D eigenvalue weighted by atomic mass is 10.2. The van der Waals surface area contributed by atoms with Crippen molar-refractivity contribution in [3.63, 3.8) is 0 Å². The van der Waals surface area contributed by atoms with Gasteiger partial charge in [-0.2, -0.15) is 0 Å². The van der Waals surface area contributed by atoms with Gasteiger partial charge in [-0.1, -0.05) is 66.2 Å². The van der Waals surface area contributed by atoms with Gasteiger partial charge < -0.3 is 0 Å². The molecule has 0 spiro atoms. The molecule has 0 N–H and O–H groups in total. The third-order valence-corrected chi connectivity index (χ3v) is 5.06. The quantitative estimate of drug-likeness (QED) is 0.731. The Balaban J connectivity index is 2.12. The largest absolute Gasteiger partial charge is 0.0843 e. The van der Waals surface area contributed by atoms with Crippen LogP contribution in [0.25, 0.3) is 0 Å². The maximum atomic E-state index is 6.01. The van der Waals surface area contributed by atoms with Gasteiger partial charge in [0, 0.05) is 5.02 Å². The van der Waals surface area contributed by atoms with Crippen molar-refractivity contribution in [2.24, 2.45) is 0 Å². The second-order valence-corrected chi connectivity index (χ2v) is 7.03. The van der Waals surface area contributed by atoms with Crippen molar-refractivity contribution >= 4 is 26.3 Å². The predicted octanol–water partition coefficient (Wildman–Crippen LogP) is 2.90. The maximum absolute atomic E-state index is 6.01. The number of rotatable bonds is 3. The molecule has 2 rings (SSSR count). The molecule has 0 aliphatic heterocycles. The highest BCUT2D eigenvalue weighted by molar-refractivity contribution is 6.54. The molecule has 1 atom stereocenters. The van der Waals surface area contributed by atoms with Gasteiger partial charge in [0.25, 0.3) is 0 Å².